The number of carbonyl (C=O) groups is 2. The molecule has 1 atom stereocenters. The molecule has 2 amide bonds. The first kappa shape index (κ1) is 28.3. The Bertz CT molecular complexity index is 1350. The summed E-state index contributed by atoms with van der Waals surface area (Å²) in [5, 5.41) is 21.3. The summed E-state index contributed by atoms with van der Waals surface area (Å²) in [4.78, 5) is 27.9. The number of amides is 2. The van der Waals surface area contributed by atoms with Crippen molar-refractivity contribution in [2.75, 3.05) is 10.7 Å². The fraction of sp³-hybridized carbons (Fsp3) is 0.407. The van der Waals surface area contributed by atoms with Gasteiger partial charge >= 0.3 is 6.09 Å². The number of nitrogens with one attached hydrogen (secondary N) is 1. The van der Waals surface area contributed by atoms with Crippen LogP contribution in [0, 0.1) is 5.92 Å². The van der Waals surface area contributed by atoms with Crippen LogP contribution in [0.1, 0.15) is 52.5 Å². The topological polar surface area (TPSA) is 109 Å². The van der Waals surface area contributed by atoms with Crippen LogP contribution in [0.5, 0.6) is 0 Å². The van der Waals surface area contributed by atoms with Crippen molar-refractivity contribution < 1.29 is 19.1 Å². The average Bonchev–Trinajstić information content (AvgIpc) is 3.27. The number of fused-ring (bicyclic) bond motifs is 1. The van der Waals surface area contributed by atoms with Crippen molar-refractivity contribution in [1.82, 2.24) is 15.5 Å². The van der Waals surface area contributed by atoms with Crippen LogP contribution in [0.3, 0.4) is 0 Å². The molecule has 0 saturated carbocycles. The molecular formula is C27H30Cl2N4O4S. The molecule has 2 N–H and O–H groups in total. The van der Waals surface area contributed by atoms with Crippen LogP contribution in [0.15, 0.2) is 45.7 Å². The molecule has 11 heteroatoms. The van der Waals surface area contributed by atoms with E-state index in [0.29, 0.717) is 45.9 Å². The van der Waals surface area contributed by atoms with Gasteiger partial charge in [-0.2, -0.15) is 0 Å². The number of rotatable bonds is 6. The van der Waals surface area contributed by atoms with Crippen LogP contribution < -0.4 is 10.2 Å². The Balaban J connectivity index is 1.77. The highest BCUT2D eigenvalue weighted by Crippen LogP contribution is 2.44. The van der Waals surface area contributed by atoms with Gasteiger partial charge in [-0.25, -0.2) is 4.79 Å². The zero-order chi connectivity index (χ0) is 27.8. The normalized spacial score (nSPS) is 16.2. The van der Waals surface area contributed by atoms with Crippen LogP contribution in [-0.2, 0) is 16.8 Å². The second kappa shape index (κ2) is 10.8. The number of carbonyl (C=O) groups excluding carboxylic acids is 1. The fourth-order valence-corrected chi connectivity index (χ4v) is 5.90. The highest BCUT2D eigenvalue weighted by atomic mass is 35.5. The van der Waals surface area contributed by atoms with Crippen LogP contribution in [0.25, 0.3) is 11.5 Å². The Hall–Kier alpha value is -2.75. The predicted molar refractivity (Wildman–Crippen MR) is 150 cm³/mol. The van der Waals surface area contributed by atoms with Crippen molar-refractivity contribution >= 4 is 52.7 Å². The summed E-state index contributed by atoms with van der Waals surface area (Å²) in [5.74, 6) is 0.674. The number of aromatic nitrogens is 2. The first-order chi connectivity index (χ1) is 17.7. The van der Waals surface area contributed by atoms with E-state index in [-0.39, 0.29) is 17.2 Å². The number of nitrogens with zero attached hydrogens (tertiary/aromatic N) is 3. The molecule has 0 unspecified atom stereocenters. The molecule has 0 aliphatic carbocycles. The molecule has 0 saturated heterocycles. The maximum atomic E-state index is 14.0. The zero-order valence-corrected chi connectivity index (χ0v) is 24.2. The Labute approximate surface area is 236 Å². The van der Waals surface area contributed by atoms with Crippen molar-refractivity contribution in [2.24, 2.45) is 5.92 Å². The van der Waals surface area contributed by atoms with Gasteiger partial charge in [-0.1, -0.05) is 56.1 Å². The minimum absolute atomic E-state index is 0.111. The van der Waals surface area contributed by atoms with Crippen molar-refractivity contribution in [3.05, 3.63) is 57.9 Å². The van der Waals surface area contributed by atoms with Gasteiger partial charge < -0.3 is 19.7 Å². The molecule has 0 bridgehead atoms. The van der Waals surface area contributed by atoms with E-state index in [9.17, 15) is 14.7 Å². The van der Waals surface area contributed by atoms with Gasteiger partial charge in [0.1, 0.15) is 0 Å². The minimum atomic E-state index is -1.13. The van der Waals surface area contributed by atoms with Crippen LogP contribution in [-0.4, -0.2) is 38.6 Å². The molecule has 0 fully saturated rings. The standard InChI is InChI=1S/C27H30Cl2N4O4S/c1-26(2,3)24-32-31-22(37-24)18-10-20-21(11-19(18)29)38-14-16(12-27(4,5)30-25(35)36)23(34)33(20)13-15-6-8-17(28)9-7-15/h6-11,16,30H,12-14H2,1-5H3,(H,35,36)/t16-/m0/s1. The Kier molecular flexibility index (Phi) is 8.02. The smallest absolute Gasteiger partial charge is 0.405 e. The molecule has 202 valence electrons. The van der Waals surface area contributed by atoms with Crippen molar-refractivity contribution in [3.8, 4) is 11.5 Å². The second-order valence-electron chi connectivity index (χ2n) is 11.0. The molecule has 1 aliphatic rings. The lowest BCUT2D eigenvalue weighted by Gasteiger charge is -2.31. The third kappa shape index (κ3) is 6.45. The lowest BCUT2D eigenvalue weighted by atomic mass is 9.90. The Morgan fingerprint density at radius 1 is 1.16 bits per heavy atom. The molecule has 8 nitrogen and oxygen atoms in total. The van der Waals surface area contributed by atoms with Gasteiger partial charge in [0.2, 0.25) is 17.7 Å². The highest BCUT2D eigenvalue weighted by Gasteiger charge is 2.36. The molecule has 1 aromatic heterocycles. The SMILES string of the molecule is CC(C)(C[C@H]1CSc2cc(Cl)c(-c3nnc(C(C)(C)C)o3)cc2N(Cc2ccc(Cl)cc2)C1=O)NC(=O)O. The summed E-state index contributed by atoms with van der Waals surface area (Å²) < 4.78 is 5.96. The minimum Gasteiger partial charge on any atom is -0.465 e. The number of benzene rings is 2. The first-order valence-electron chi connectivity index (χ1n) is 12.1. The Morgan fingerprint density at radius 2 is 1.84 bits per heavy atom. The van der Waals surface area contributed by atoms with Crippen LogP contribution in [0.2, 0.25) is 10.0 Å². The van der Waals surface area contributed by atoms with E-state index < -0.39 is 17.6 Å². The summed E-state index contributed by atoms with van der Waals surface area (Å²) >= 11 is 14.3. The first-order valence-corrected chi connectivity index (χ1v) is 13.9. The van der Waals surface area contributed by atoms with Crippen molar-refractivity contribution in [2.45, 2.75) is 63.4 Å². The number of halogens is 2. The van der Waals surface area contributed by atoms with Crippen molar-refractivity contribution in [1.29, 1.82) is 0 Å². The Morgan fingerprint density at radius 3 is 2.45 bits per heavy atom. The predicted octanol–water partition coefficient (Wildman–Crippen LogP) is 7.03. The van der Waals surface area contributed by atoms with E-state index in [2.05, 4.69) is 15.5 Å². The third-order valence-corrected chi connectivity index (χ3v) is 7.92. The van der Waals surface area contributed by atoms with E-state index in [1.54, 1.807) is 30.9 Å². The molecule has 4 rings (SSSR count). The summed E-state index contributed by atoms with van der Waals surface area (Å²) in [6, 6.07) is 11.0. The van der Waals surface area contributed by atoms with Gasteiger partial charge in [-0.15, -0.1) is 22.0 Å². The monoisotopic (exact) mass is 576 g/mol. The summed E-state index contributed by atoms with van der Waals surface area (Å²) in [5.41, 5.74) is 0.975. The van der Waals surface area contributed by atoms with Crippen molar-refractivity contribution in [3.63, 3.8) is 0 Å². The van der Waals surface area contributed by atoms with Gasteiger partial charge in [0.05, 0.1) is 28.7 Å². The van der Waals surface area contributed by atoms with Crippen LogP contribution in [0.4, 0.5) is 10.5 Å². The van der Waals surface area contributed by atoms with E-state index >= 15 is 0 Å². The molecule has 0 radical (unpaired) electrons. The molecule has 2 aromatic carbocycles. The highest BCUT2D eigenvalue weighted by molar-refractivity contribution is 7.99. The molecule has 0 spiro atoms. The largest absolute Gasteiger partial charge is 0.465 e. The number of anilines is 1. The molecule has 2 heterocycles. The van der Waals surface area contributed by atoms with E-state index in [1.807, 2.05) is 45.0 Å². The maximum absolute atomic E-state index is 14.0. The second-order valence-corrected chi connectivity index (χ2v) is 12.9. The van der Waals surface area contributed by atoms with Gasteiger partial charge in [-0.3, -0.25) is 4.79 Å². The van der Waals surface area contributed by atoms with Gasteiger partial charge in [0, 0.05) is 26.6 Å². The lowest BCUT2D eigenvalue weighted by molar-refractivity contribution is -0.122. The number of thioether (sulfide) groups is 1. The fourth-order valence-electron chi connectivity index (χ4n) is 4.31. The van der Waals surface area contributed by atoms with Gasteiger partial charge in [0.25, 0.3) is 0 Å². The number of hydrogen-bond donors (Lipinski definition) is 2. The summed E-state index contributed by atoms with van der Waals surface area (Å²) in [6.45, 7) is 9.79. The van der Waals surface area contributed by atoms with E-state index in [0.717, 1.165) is 10.5 Å². The van der Waals surface area contributed by atoms with Crippen LogP contribution >= 0.6 is 35.0 Å². The van der Waals surface area contributed by atoms with Gasteiger partial charge in [-0.05, 0) is 50.1 Å². The number of carboxylic acid groups (broad SMARTS) is 1. The summed E-state index contributed by atoms with van der Waals surface area (Å²) in [7, 11) is 0. The maximum Gasteiger partial charge on any atom is 0.405 e. The summed E-state index contributed by atoms with van der Waals surface area (Å²) in [6.07, 6.45) is -0.800. The quantitative estimate of drug-likeness (QED) is 0.324. The zero-order valence-electron chi connectivity index (χ0n) is 21.8. The average molecular weight is 578 g/mol. The molecule has 3 aromatic rings. The van der Waals surface area contributed by atoms with E-state index in [1.165, 1.54) is 11.8 Å². The molecule has 1 aliphatic heterocycles. The number of hydrogen-bond acceptors (Lipinski definition) is 6. The lowest BCUT2D eigenvalue weighted by Crippen LogP contribution is -2.47. The third-order valence-electron chi connectivity index (χ3n) is 6.15. The molecule has 38 heavy (non-hydrogen) atoms. The molecular weight excluding hydrogens is 547 g/mol. The van der Waals surface area contributed by atoms with Gasteiger partial charge in [0.15, 0.2) is 0 Å². The van der Waals surface area contributed by atoms with E-state index in [4.69, 9.17) is 27.6 Å².